The third-order valence-electron chi connectivity index (χ3n) is 5.49. The van der Waals surface area contributed by atoms with Crippen LogP contribution < -0.4 is 4.74 Å². The smallest absolute Gasteiger partial charge is 0.307 e. The fourth-order valence-corrected chi connectivity index (χ4v) is 3.57. The highest BCUT2D eigenvalue weighted by Crippen LogP contribution is 2.41. The molecule has 5 nitrogen and oxygen atoms in total. The molecule has 2 atom stereocenters. The van der Waals surface area contributed by atoms with Gasteiger partial charge in [0.2, 0.25) is 0 Å². The maximum absolute atomic E-state index is 11.1. The number of aliphatic hydroxyl groups is 1. The van der Waals surface area contributed by atoms with Crippen molar-refractivity contribution in [3.05, 3.63) is 64.7 Å². The van der Waals surface area contributed by atoms with Gasteiger partial charge in [0.1, 0.15) is 18.1 Å². The maximum Gasteiger partial charge on any atom is 0.307 e. The number of fused-ring (bicyclic) bond motifs is 2. The summed E-state index contributed by atoms with van der Waals surface area (Å²) < 4.78 is 6.02. The number of carboxylic acid groups (broad SMARTS) is 1. The number of nitrogens with zero attached hydrogens (tertiary/aromatic N) is 1. The Bertz CT molecular complexity index is 829. The van der Waals surface area contributed by atoms with Crippen LogP contribution >= 0.6 is 0 Å². The molecule has 2 aromatic rings. The second-order valence-electron chi connectivity index (χ2n) is 7.63. The average Bonchev–Trinajstić information content (AvgIpc) is 2.76. The summed E-state index contributed by atoms with van der Waals surface area (Å²) in [5.74, 6) is -0.0225. The number of carbonyl (C=O) groups is 1. The van der Waals surface area contributed by atoms with E-state index in [0.29, 0.717) is 13.0 Å². The van der Waals surface area contributed by atoms with Crippen LogP contribution in [0.5, 0.6) is 5.75 Å². The van der Waals surface area contributed by atoms with Crippen LogP contribution in [0.25, 0.3) is 0 Å². The molecule has 0 radical (unpaired) electrons. The van der Waals surface area contributed by atoms with Crippen molar-refractivity contribution in [3.8, 4) is 5.75 Å². The Labute approximate surface area is 160 Å². The highest BCUT2D eigenvalue weighted by molar-refractivity contribution is 5.70. The summed E-state index contributed by atoms with van der Waals surface area (Å²) in [5.41, 5.74) is 3.14. The average molecular weight is 369 g/mol. The lowest BCUT2D eigenvalue weighted by atomic mass is 9.83. The molecule has 0 saturated heterocycles. The molecule has 27 heavy (non-hydrogen) atoms. The SMILES string of the molecule is CN(C)C(C)(O)CCC1c2ccccc2COc2ccc(CC(=O)O)cc21. The number of hydrogen-bond donors (Lipinski definition) is 2. The summed E-state index contributed by atoms with van der Waals surface area (Å²) in [6.45, 7) is 2.30. The van der Waals surface area contributed by atoms with Crippen molar-refractivity contribution >= 4 is 5.97 Å². The van der Waals surface area contributed by atoms with Crippen molar-refractivity contribution in [2.45, 2.75) is 44.4 Å². The Morgan fingerprint density at radius 2 is 1.96 bits per heavy atom. The van der Waals surface area contributed by atoms with E-state index in [4.69, 9.17) is 9.84 Å². The summed E-state index contributed by atoms with van der Waals surface area (Å²) in [5, 5.41) is 19.8. The highest BCUT2D eigenvalue weighted by Gasteiger charge is 2.29. The van der Waals surface area contributed by atoms with E-state index < -0.39 is 11.7 Å². The normalized spacial score (nSPS) is 18.0. The fourth-order valence-electron chi connectivity index (χ4n) is 3.57. The summed E-state index contributed by atoms with van der Waals surface area (Å²) in [4.78, 5) is 13.0. The Morgan fingerprint density at radius 1 is 1.22 bits per heavy atom. The molecule has 3 rings (SSSR count). The Morgan fingerprint density at radius 3 is 2.67 bits per heavy atom. The van der Waals surface area contributed by atoms with E-state index in [1.165, 1.54) is 5.56 Å². The first-order valence-electron chi connectivity index (χ1n) is 9.23. The first-order valence-corrected chi connectivity index (χ1v) is 9.23. The molecule has 1 heterocycles. The monoisotopic (exact) mass is 369 g/mol. The molecule has 2 unspecified atom stereocenters. The number of aliphatic carboxylic acids is 1. The van der Waals surface area contributed by atoms with Gasteiger partial charge in [0.25, 0.3) is 0 Å². The number of carboxylic acids is 1. The Kier molecular flexibility index (Phi) is 5.53. The van der Waals surface area contributed by atoms with Crippen LogP contribution in [0, 0.1) is 0 Å². The van der Waals surface area contributed by atoms with Crippen molar-refractivity contribution in [1.29, 1.82) is 0 Å². The van der Waals surface area contributed by atoms with Crippen LogP contribution in [0.15, 0.2) is 42.5 Å². The molecule has 0 aliphatic carbocycles. The van der Waals surface area contributed by atoms with Gasteiger partial charge in [-0.1, -0.05) is 36.4 Å². The van der Waals surface area contributed by atoms with Crippen molar-refractivity contribution < 1.29 is 19.7 Å². The number of hydrogen-bond acceptors (Lipinski definition) is 4. The van der Waals surface area contributed by atoms with Crippen molar-refractivity contribution in [2.75, 3.05) is 14.1 Å². The van der Waals surface area contributed by atoms with Gasteiger partial charge in [0.05, 0.1) is 6.42 Å². The third-order valence-corrected chi connectivity index (χ3v) is 5.49. The van der Waals surface area contributed by atoms with Gasteiger partial charge in [-0.05, 0) is 56.6 Å². The lowest BCUT2D eigenvalue weighted by molar-refractivity contribution is -0.136. The predicted octanol–water partition coefficient (Wildman–Crippen LogP) is 3.39. The van der Waals surface area contributed by atoms with Gasteiger partial charge in [-0.2, -0.15) is 0 Å². The molecule has 2 N–H and O–H groups in total. The molecular formula is C22H27NO4. The standard InChI is InChI=1S/C22H27NO4/c1-22(26,23(2)3)11-10-18-17-7-5-4-6-16(17)14-27-20-9-8-15(12-19(18)20)13-21(24)25/h4-9,12,18,26H,10-11,13-14H2,1-3H3,(H,24,25). The Hall–Kier alpha value is -2.37. The largest absolute Gasteiger partial charge is 0.489 e. The number of ether oxygens (including phenoxy) is 1. The van der Waals surface area contributed by atoms with Crippen molar-refractivity contribution in [2.24, 2.45) is 0 Å². The lowest BCUT2D eigenvalue weighted by Gasteiger charge is -2.32. The van der Waals surface area contributed by atoms with E-state index in [2.05, 4.69) is 12.1 Å². The minimum absolute atomic E-state index is 0.0168. The molecule has 144 valence electrons. The van der Waals surface area contributed by atoms with E-state index in [-0.39, 0.29) is 12.3 Å². The van der Waals surface area contributed by atoms with Crippen LogP contribution in [0.4, 0.5) is 0 Å². The molecule has 1 aliphatic rings. The minimum atomic E-state index is -0.916. The lowest BCUT2D eigenvalue weighted by Crippen LogP contribution is -2.41. The zero-order valence-electron chi connectivity index (χ0n) is 16.1. The Balaban J connectivity index is 2.02. The van der Waals surface area contributed by atoms with Crippen LogP contribution in [-0.2, 0) is 17.8 Å². The number of benzene rings is 2. The highest BCUT2D eigenvalue weighted by atomic mass is 16.5. The summed E-state index contributed by atoms with van der Waals surface area (Å²) in [7, 11) is 3.73. The quantitative estimate of drug-likeness (QED) is 0.764. The summed E-state index contributed by atoms with van der Waals surface area (Å²) in [6.07, 6.45) is 1.30. The zero-order valence-corrected chi connectivity index (χ0v) is 16.1. The molecular weight excluding hydrogens is 342 g/mol. The van der Waals surface area contributed by atoms with Gasteiger partial charge in [-0.3, -0.25) is 9.69 Å². The molecule has 0 fully saturated rings. The summed E-state index contributed by atoms with van der Waals surface area (Å²) in [6, 6.07) is 13.8. The van der Waals surface area contributed by atoms with Gasteiger partial charge in [-0.25, -0.2) is 0 Å². The zero-order chi connectivity index (χ0) is 19.6. The second-order valence-corrected chi connectivity index (χ2v) is 7.63. The van der Waals surface area contributed by atoms with E-state index in [0.717, 1.165) is 28.9 Å². The van der Waals surface area contributed by atoms with Crippen LogP contribution in [-0.4, -0.2) is 40.9 Å². The third kappa shape index (κ3) is 4.31. The van der Waals surface area contributed by atoms with Gasteiger partial charge in [0.15, 0.2) is 0 Å². The number of rotatable bonds is 6. The fraction of sp³-hybridized carbons (Fsp3) is 0.409. The molecule has 0 aromatic heterocycles. The molecule has 1 aliphatic heterocycles. The van der Waals surface area contributed by atoms with E-state index in [1.807, 2.05) is 56.3 Å². The second kappa shape index (κ2) is 7.71. The van der Waals surface area contributed by atoms with Gasteiger partial charge in [-0.15, -0.1) is 0 Å². The van der Waals surface area contributed by atoms with Gasteiger partial charge in [0, 0.05) is 11.5 Å². The van der Waals surface area contributed by atoms with Crippen molar-refractivity contribution in [1.82, 2.24) is 4.90 Å². The molecule has 0 bridgehead atoms. The topological polar surface area (TPSA) is 70.0 Å². The van der Waals surface area contributed by atoms with Gasteiger partial charge < -0.3 is 14.9 Å². The maximum atomic E-state index is 11.1. The summed E-state index contributed by atoms with van der Waals surface area (Å²) >= 11 is 0. The molecule has 0 amide bonds. The van der Waals surface area contributed by atoms with E-state index >= 15 is 0 Å². The van der Waals surface area contributed by atoms with Gasteiger partial charge >= 0.3 is 5.97 Å². The minimum Gasteiger partial charge on any atom is -0.489 e. The van der Waals surface area contributed by atoms with Crippen LogP contribution in [0.2, 0.25) is 0 Å². The molecule has 0 spiro atoms. The van der Waals surface area contributed by atoms with Crippen LogP contribution in [0.3, 0.4) is 0 Å². The van der Waals surface area contributed by atoms with E-state index in [9.17, 15) is 9.90 Å². The van der Waals surface area contributed by atoms with E-state index in [1.54, 1.807) is 0 Å². The predicted molar refractivity (Wildman–Crippen MR) is 104 cm³/mol. The molecule has 0 saturated carbocycles. The van der Waals surface area contributed by atoms with Crippen LogP contribution in [0.1, 0.15) is 47.9 Å². The molecule has 5 heteroatoms. The first-order chi connectivity index (χ1) is 12.8. The molecule has 2 aromatic carbocycles. The van der Waals surface area contributed by atoms with Crippen molar-refractivity contribution in [3.63, 3.8) is 0 Å². The first kappa shape index (κ1) is 19.4.